The number of fused-ring (bicyclic) bond motifs is 7. The summed E-state index contributed by atoms with van der Waals surface area (Å²) in [6.45, 7) is 7.19. The third-order valence-corrected chi connectivity index (χ3v) is 13.6. The van der Waals surface area contributed by atoms with Crippen LogP contribution in [0, 0.1) is 0 Å². The molecule has 0 atom stereocenters. The summed E-state index contributed by atoms with van der Waals surface area (Å²) in [5, 5.41) is 8.32. The maximum Gasteiger partial charge on any atom is 0.159 e. The van der Waals surface area contributed by atoms with Crippen molar-refractivity contribution in [1.29, 1.82) is 0 Å². The van der Waals surface area contributed by atoms with Crippen LogP contribution in [0.5, 0.6) is 11.5 Å². The van der Waals surface area contributed by atoms with Gasteiger partial charge in [0.15, 0.2) is 5.58 Å². The average molecular weight is 765 g/mol. The van der Waals surface area contributed by atoms with Gasteiger partial charge in [0.2, 0.25) is 0 Å². The Hall–Kier alpha value is -7.08. The molecule has 1 aliphatic heterocycles. The molecule has 2 heterocycles. The van der Waals surface area contributed by atoms with E-state index < -0.39 is 8.07 Å². The lowest BCUT2D eigenvalue weighted by atomic mass is 9.90. The molecule has 0 unspecified atom stereocenters. The molecule has 0 bridgehead atoms. The minimum Gasteiger partial charge on any atom is -0.456 e. The van der Waals surface area contributed by atoms with E-state index in [1.165, 1.54) is 26.9 Å². The second-order valence-corrected chi connectivity index (χ2v) is 21.3. The topological polar surface area (TPSA) is 28.9 Å². The largest absolute Gasteiger partial charge is 0.456 e. The molecule has 10 aromatic rings. The lowest BCUT2D eigenvalue weighted by molar-refractivity contribution is 0.487. The number of ether oxygens (including phenoxy) is 1. The minimum absolute atomic E-state index is 0.822. The van der Waals surface area contributed by atoms with Crippen LogP contribution < -0.4 is 19.7 Å². The van der Waals surface area contributed by atoms with Gasteiger partial charge in [-0.05, 0) is 107 Å². The molecular weight excluding hydrogens is 725 g/mol. The van der Waals surface area contributed by atoms with Gasteiger partial charge in [0.05, 0.1) is 19.4 Å². The molecule has 58 heavy (non-hydrogen) atoms. The smallest absolute Gasteiger partial charge is 0.159 e. The van der Waals surface area contributed by atoms with Crippen molar-refractivity contribution in [2.75, 3.05) is 9.80 Å². The quantitative estimate of drug-likeness (QED) is 0.119. The van der Waals surface area contributed by atoms with Gasteiger partial charge in [0.25, 0.3) is 0 Å². The number of hydrogen-bond donors (Lipinski definition) is 0. The second kappa shape index (κ2) is 13.3. The van der Waals surface area contributed by atoms with Gasteiger partial charge in [-0.25, -0.2) is 0 Å². The molecule has 0 fully saturated rings. The SMILES string of the molecule is C[Si](C)(C)c1ccc(N(c2ccccc2)c2ccc3cc4c5c(cccc5c3c2)Oc2cc(N(c3ccccc3)c3cccc5c3oc3ccccc35)ccc2-4)cc1. The Balaban J connectivity index is 1.05. The van der Waals surface area contributed by atoms with Gasteiger partial charge in [0, 0.05) is 50.5 Å². The number of benzene rings is 9. The van der Waals surface area contributed by atoms with Crippen LogP contribution in [0.15, 0.2) is 192 Å². The van der Waals surface area contributed by atoms with E-state index in [2.05, 4.69) is 205 Å². The van der Waals surface area contributed by atoms with Crippen molar-refractivity contribution in [1.82, 2.24) is 0 Å². The highest BCUT2D eigenvalue weighted by molar-refractivity contribution is 6.88. The molecule has 278 valence electrons. The molecule has 0 saturated carbocycles. The van der Waals surface area contributed by atoms with E-state index in [0.717, 1.165) is 78.5 Å². The normalized spacial score (nSPS) is 12.2. The van der Waals surface area contributed by atoms with Crippen LogP contribution in [0.3, 0.4) is 0 Å². The van der Waals surface area contributed by atoms with Crippen molar-refractivity contribution in [3.05, 3.63) is 188 Å². The molecule has 0 aliphatic carbocycles. The van der Waals surface area contributed by atoms with Crippen LogP contribution in [0.25, 0.3) is 54.6 Å². The summed E-state index contributed by atoms with van der Waals surface area (Å²) < 4.78 is 13.5. The van der Waals surface area contributed by atoms with Crippen molar-refractivity contribution in [2.45, 2.75) is 19.6 Å². The Morgan fingerprint density at radius 2 is 1.03 bits per heavy atom. The zero-order valence-corrected chi connectivity index (χ0v) is 33.6. The molecule has 11 rings (SSSR count). The lowest BCUT2D eigenvalue weighted by Crippen LogP contribution is -2.37. The summed E-state index contributed by atoms with van der Waals surface area (Å²) in [6.07, 6.45) is 0. The zero-order chi connectivity index (χ0) is 39.0. The van der Waals surface area contributed by atoms with Gasteiger partial charge in [-0.15, -0.1) is 0 Å². The van der Waals surface area contributed by atoms with Crippen LogP contribution in [-0.4, -0.2) is 8.07 Å². The molecule has 0 amide bonds. The Kier molecular flexibility index (Phi) is 7.82. The van der Waals surface area contributed by atoms with Gasteiger partial charge >= 0.3 is 0 Å². The van der Waals surface area contributed by atoms with E-state index in [9.17, 15) is 0 Å². The standard InChI is InChI=1S/C53H40N2O2Si/c1-58(2,3)41-29-26-38(27-30-41)54(36-14-6-4-7-15-36)39-25-24-35-32-47-43-31-28-40(34-51(43)56-50-23-13-19-44(52(47)50)46(35)33-39)55(37-16-8-5-9-17-37)48-21-12-20-45-42-18-10-11-22-49(42)57-53(45)48/h4-34H,1-3H3. The molecule has 1 aliphatic rings. The van der Waals surface area contributed by atoms with E-state index in [0.29, 0.717) is 0 Å². The summed E-state index contributed by atoms with van der Waals surface area (Å²) in [7, 11) is -1.44. The van der Waals surface area contributed by atoms with E-state index in [1.807, 2.05) is 12.1 Å². The van der Waals surface area contributed by atoms with Gasteiger partial charge in [-0.2, -0.15) is 0 Å². The van der Waals surface area contributed by atoms with Crippen LogP contribution >= 0.6 is 0 Å². The fourth-order valence-electron chi connectivity index (χ4n) is 8.72. The van der Waals surface area contributed by atoms with Gasteiger partial charge in [0.1, 0.15) is 17.1 Å². The first-order valence-corrected chi connectivity index (χ1v) is 23.4. The Labute approximate surface area is 338 Å². The monoisotopic (exact) mass is 764 g/mol. The molecule has 0 saturated heterocycles. The number of furan rings is 1. The molecule has 1 aromatic heterocycles. The molecule has 0 spiro atoms. The van der Waals surface area contributed by atoms with Gasteiger partial charge in [-0.1, -0.05) is 122 Å². The Bertz CT molecular complexity index is 3190. The highest BCUT2D eigenvalue weighted by atomic mass is 28.3. The fourth-order valence-corrected chi connectivity index (χ4v) is 9.89. The first-order chi connectivity index (χ1) is 28.4. The second-order valence-electron chi connectivity index (χ2n) is 16.2. The molecule has 5 heteroatoms. The zero-order valence-electron chi connectivity index (χ0n) is 32.6. The maximum absolute atomic E-state index is 6.89. The van der Waals surface area contributed by atoms with Crippen LogP contribution in [-0.2, 0) is 0 Å². The fraction of sp³-hybridized carbons (Fsp3) is 0.0566. The highest BCUT2D eigenvalue weighted by Gasteiger charge is 2.26. The van der Waals surface area contributed by atoms with Crippen molar-refractivity contribution < 1.29 is 9.15 Å². The number of para-hydroxylation sites is 4. The first kappa shape index (κ1) is 34.2. The van der Waals surface area contributed by atoms with Crippen molar-refractivity contribution >= 4 is 90.9 Å². The number of rotatable bonds is 7. The number of hydrogen-bond acceptors (Lipinski definition) is 4. The molecule has 4 nitrogen and oxygen atoms in total. The number of anilines is 6. The Morgan fingerprint density at radius 1 is 0.414 bits per heavy atom. The third kappa shape index (κ3) is 5.58. The Morgan fingerprint density at radius 3 is 1.81 bits per heavy atom. The maximum atomic E-state index is 6.89. The summed E-state index contributed by atoms with van der Waals surface area (Å²) in [5.41, 5.74) is 10.3. The van der Waals surface area contributed by atoms with Gasteiger partial charge < -0.3 is 19.0 Å². The van der Waals surface area contributed by atoms with Crippen molar-refractivity contribution in [3.8, 4) is 22.6 Å². The van der Waals surface area contributed by atoms with E-state index >= 15 is 0 Å². The summed E-state index contributed by atoms with van der Waals surface area (Å²) in [5.74, 6) is 1.68. The minimum atomic E-state index is -1.44. The average Bonchev–Trinajstić information content (AvgIpc) is 3.64. The predicted molar refractivity (Wildman–Crippen MR) is 247 cm³/mol. The molecule has 9 aromatic carbocycles. The predicted octanol–water partition coefficient (Wildman–Crippen LogP) is 15.1. The van der Waals surface area contributed by atoms with Crippen LogP contribution in [0.2, 0.25) is 19.6 Å². The van der Waals surface area contributed by atoms with E-state index in [-0.39, 0.29) is 0 Å². The summed E-state index contributed by atoms with van der Waals surface area (Å²) in [4.78, 5) is 4.63. The van der Waals surface area contributed by atoms with Crippen molar-refractivity contribution in [3.63, 3.8) is 0 Å². The summed E-state index contributed by atoms with van der Waals surface area (Å²) in [6, 6.07) is 67.2. The molecular formula is C53H40N2O2Si. The summed E-state index contributed by atoms with van der Waals surface area (Å²) >= 11 is 0. The van der Waals surface area contributed by atoms with Crippen LogP contribution in [0.4, 0.5) is 34.1 Å². The lowest BCUT2D eigenvalue weighted by Gasteiger charge is -2.29. The van der Waals surface area contributed by atoms with E-state index in [1.54, 1.807) is 0 Å². The number of nitrogens with zero attached hydrogens (tertiary/aromatic N) is 2. The van der Waals surface area contributed by atoms with Crippen LogP contribution in [0.1, 0.15) is 0 Å². The molecule has 0 N–H and O–H groups in total. The molecule has 0 radical (unpaired) electrons. The highest BCUT2D eigenvalue weighted by Crippen LogP contribution is 2.52. The third-order valence-electron chi connectivity index (χ3n) is 11.6. The van der Waals surface area contributed by atoms with Gasteiger partial charge in [-0.3, -0.25) is 0 Å². The van der Waals surface area contributed by atoms with E-state index in [4.69, 9.17) is 9.15 Å². The van der Waals surface area contributed by atoms with Crippen molar-refractivity contribution in [2.24, 2.45) is 0 Å². The first-order valence-electron chi connectivity index (χ1n) is 19.9.